The standard InChI is InChI=1S/C29H36O4/c1-29(2,3)23-15-12-21(13-16-23)24(30)17-14-22-19-33-26-11-7-10-25(27(26)28(22)31)32-18-20-8-5-4-6-9-20/h7,10-13,15-16,19-20,24,30H,4-6,8-9,14,17-18H2,1-3H3. The van der Waals surface area contributed by atoms with Crippen LogP contribution in [-0.2, 0) is 11.8 Å². The fourth-order valence-corrected chi connectivity index (χ4v) is 4.70. The lowest BCUT2D eigenvalue weighted by atomic mass is 9.86. The molecule has 3 aromatic rings. The summed E-state index contributed by atoms with van der Waals surface area (Å²) in [5.41, 5.74) is 3.22. The minimum Gasteiger partial charge on any atom is -0.492 e. The molecule has 1 fully saturated rings. The summed E-state index contributed by atoms with van der Waals surface area (Å²) in [6.07, 6.45) is 8.02. The van der Waals surface area contributed by atoms with E-state index in [0.717, 1.165) is 5.56 Å². The Hall–Kier alpha value is -2.59. The van der Waals surface area contributed by atoms with Crippen molar-refractivity contribution in [3.05, 3.63) is 75.6 Å². The maximum absolute atomic E-state index is 13.3. The molecule has 1 N–H and O–H groups in total. The highest BCUT2D eigenvalue weighted by molar-refractivity contribution is 5.83. The highest BCUT2D eigenvalue weighted by Crippen LogP contribution is 2.29. The first kappa shape index (κ1) is 23.6. The van der Waals surface area contributed by atoms with Crippen LogP contribution in [0.1, 0.15) is 82.1 Å². The summed E-state index contributed by atoms with van der Waals surface area (Å²) in [5.74, 6) is 1.16. The fourth-order valence-electron chi connectivity index (χ4n) is 4.70. The van der Waals surface area contributed by atoms with Gasteiger partial charge in [-0.3, -0.25) is 4.79 Å². The zero-order valence-electron chi connectivity index (χ0n) is 20.1. The Labute approximate surface area is 196 Å². The van der Waals surface area contributed by atoms with Gasteiger partial charge in [0.25, 0.3) is 0 Å². The van der Waals surface area contributed by atoms with Gasteiger partial charge in [0.1, 0.15) is 16.7 Å². The van der Waals surface area contributed by atoms with Crippen molar-refractivity contribution in [3.8, 4) is 5.75 Å². The number of rotatable bonds is 7. The van der Waals surface area contributed by atoms with Crippen molar-refractivity contribution in [1.29, 1.82) is 0 Å². The van der Waals surface area contributed by atoms with Gasteiger partial charge in [0, 0.05) is 5.56 Å². The van der Waals surface area contributed by atoms with Crippen molar-refractivity contribution in [2.24, 2.45) is 5.92 Å². The Morgan fingerprint density at radius 2 is 1.79 bits per heavy atom. The van der Waals surface area contributed by atoms with E-state index in [1.807, 2.05) is 24.3 Å². The van der Waals surface area contributed by atoms with E-state index in [0.29, 0.717) is 47.6 Å². The van der Waals surface area contributed by atoms with E-state index >= 15 is 0 Å². The van der Waals surface area contributed by atoms with Crippen molar-refractivity contribution >= 4 is 11.0 Å². The molecule has 4 heteroatoms. The first-order valence-electron chi connectivity index (χ1n) is 12.3. The maximum atomic E-state index is 13.3. The second kappa shape index (κ2) is 10.1. The summed E-state index contributed by atoms with van der Waals surface area (Å²) in [5, 5.41) is 11.2. The van der Waals surface area contributed by atoms with Crippen LogP contribution in [0.25, 0.3) is 11.0 Å². The van der Waals surface area contributed by atoms with Crippen LogP contribution < -0.4 is 10.2 Å². The zero-order chi connectivity index (χ0) is 23.4. The largest absolute Gasteiger partial charge is 0.492 e. The number of aryl methyl sites for hydroxylation is 1. The van der Waals surface area contributed by atoms with Crippen molar-refractivity contribution in [1.82, 2.24) is 0 Å². The SMILES string of the molecule is CC(C)(C)c1ccc(C(O)CCc2coc3cccc(OCC4CCCCC4)c3c2=O)cc1. The summed E-state index contributed by atoms with van der Waals surface area (Å²) in [7, 11) is 0. The lowest BCUT2D eigenvalue weighted by Crippen LogP contribution is -2.17. The molecule has 176 valence electrons. The quantitative estimate of drug-likeness (QED) is 0.436. The normalized spacial score (nSPS) is 16.1. The van der Waals surface area contributed by atoms with Crippen LogP contribution in [0.5, 0.6) is 5.75 Å². The van der Waals surface area contributed by atoms with Crippen molar-refractivity contribution in [3.63, 3.8) is 0 Å². The smallest absolute Gasteiger partial charge is 0.199 e. The lowest BCUT2D eigenvalue weighted by Gasteiger charge is -2.22. The van der Waals surface area contributed by atoms with Crippen LogP contribution in [0.4, 0.5) is 0 Å². The molecule has 1 saturated carbocycles. The van der Waals surface area contributed by atoms with Gasteiger partial charge in [-0.05, 0) is 60.3 Å². The van der Waals surface area contributed by atoms with E-state index in [9.17, 15) is 9.90 Å². The highest BCUT2D eigenvalue weighted by Gasteiger charge is 2.18. The van der Waals surface area contributed by atoms with Gasteiger partial charge in [0.05, 0.1) is 19.0 Å². The molecule has 0 spiro atoms. The third kappa shape index (κ3) is 5.67. The Morgan fingerprint density at radius 1 is 1.06 bits per heavy atom. The van der Waals surface area contributed by atoms with Crippen molar-refractivity contribution in [2.75, 3.05) is 6.61 Å². The van der Waals surface area contributed by atoms with Gasteiger partial charge in [0.15, 0.2) is 5.43 Å². The van der Waals surface area contributed by atoms with E-state index in [1.54, 1.807) is 6.07 Å². The summed E-state index contributed by atoms with van der Waals surface area (Å²) < 4.78 is 11.9. The molecular formula is C29H36O4. The number of fused-ring (bicyclic) bond motifs is 1. The molecule has 1 heterocycles. The first-order chi connectivity index (χ1) is 15.8. The summed E-state index contributed by atoms with van der Waals surface area (Å²) in [4.78, 5) is 13.3. The van der Waals surface area contributed by atoms with Crippen LogP contribution >= 0.6 is 0 Å². The molecule has 0 saturated heterocycles. The van der Waals surface area contributed by atoms with Crippen molar-refractivity contribution in [2.45, 2.75) is 77.2 Å². The predicted molar refractivity (Wildman–Crippen MR) is 133 cm³/mol. The van der Waals surface area contributed by atoms with Crippen LogP contribution in [0.2, 0.25) is 0 Å². The van der Waals surface area contributed by atoms with Crippen LogP contribution in [-0.4, -0.2) is 11.7 Å². The fraction of sp³-hybridized carbons (Fsp3) is 0.483. The number of aliphatic hydroxyl groups is 1. The van der Waals surface area contributed by atoms with Gasteiger partial charge in [-0.25, -0.2) is 0 Å². The summed E-state index contributed by atoms with van der Waals surface area (Å²) in [6.45, 7) is 7.16. The third-order valence-corrected chi connectivity index (χ3v) is 6.88. The topological polar surface area (TPSA) is 59.7 Å². The molecule has 4 rings (SSSR count). The average molecular weight is 449 g/mol. The van der Waals surface area contributed by atoms with Gasteiger partial charge in [-0.15, -0.1) is 0 Å². The molecule has 0 radical (unpaired) electrons. The summed E-state index contributed by atoms with van der Waals surface area (Å²) >= 11 is 0. The first-order valence-corrected chi connectivity index (χ1v) is 12.3. The van der Waals surface area contributed by atoms with E-state index in [4.69, 9.17) is 9.15 Å². The monoisotopic (exact) mass is 448 g/mol. The predicted octanol–water partition coefficient (Wildman–Crippen LogP) is 6.72. The molecule has 1 aliphatic rings. The number of hydrogen-bond donors (Lipinski definition) is 1. The van der Waals surface area contributed by atoms with Gasteiger partial charge in [-0.2, -0.15) is 0 Å². The Morgan fingerprint density at radius 3 is 2.48 bits per heavy atom. The molecular weight excluding hydrogens is 412 g/mol. The molecule has 2 aromatic carbocycles. The van der Waals surface area contributed by atoms with Crippen LogP contribution in [0, 0.1) is 5.92 Å². The summed E-state index contributed by atoms with van der Waals surface area (Å²) in [6, 6.07) is 13.6. The van der Waals surface area contributed by atoms with E-state index in [2.05, 4.69) is 32.9 Å². The third-order valence-electron chi connectivity index (χ3n) is 6.88. The molecule has 0 amide bonds. The molecule has 33 heavy (non-hydrogen) atoms. The zero-order valence-corrected chi connectivity index (χ0v) is 20.1. The van der Waals surface area contributed by atoms with Gasteiger partial charge in [-0.1, -0.05) is 70.4 Å². The molecule has 1 aliphatic carbocycles. The van der Waals surface area contributed by atoms with E-state index in [1.165, 1.54) is 43.9 Å². The minimum absolute atomic E-state index is 0.0641. The van der Waals surface area contributed by atoms with Crippen molar-refractivity contribution < 1.29 is 14.3 Å². The molecule has 1 aromatic heterocycles. The van der Waals surface area contributed by atoms with Gasteiger partial charge in [0.2, 0.25) is 0 Å². The maximum Gasteiger partial charge on any atom is 0.199 e. The molecule has 1 atom stereocenters. The second-order valence-electron chi connectivity index (χ2n) is 10.5. The van der Waals surface area contributed by atoms with Crippen LogP contribution in [0.3, 0.4) is 0 Å². The second-order valence-corrected chi connectivity index (χ2v) is 10.5. The number of hydrogen-bond acceptors (Lipinski definition) is 4. The molecule has 0 aliphatic heterocycles. The number of ether oxygens (including phenoxy) is 1. The van der Waals surface area contributed by atoms with Crippen LogP contribution in [0.15, 0.2) is 57.9 Å². The molecule has 0 bridgehead atoms. The number of benzene rings is 2. The average Bonchev–Trinajstić information content (AvgIpc) is 2.82. The Balaban J connectivity index is 1.47. The highest BCUT2D eigenvalue weighted by atomic mass is 16.5. The minimum atomic E-state index is -0.632. The Bertz CT molecular complexity index is 1120. The van der Waals surface area contributed by atoms with E-state index in [-0.39, 0.29) is 10.8 Å². The molecule has 1 unspecified atom stereocenters. The van der Waals surface area contributed by atoms with E-state index < -0.39 is 6.10 Å². The molecule has 4 nitrogen and oxygen atoms in total. The Kier molecular flexibility index (Phi) is 7.23. The van der Waals surface area contributed by atoms with Gasteiger partial charge < -0.3 is 14.3 Å². The number of aliphatic hydroxyl groups excluding tert-OH is 1. The lowest BCUT2D eigenvalue weighted by molar-refractivity contribution is 0.167. The van der Waals surface area contributed by atoms with Gasteiger partial charge >= 0.3 is 0 Å².